The molecule has 2 unspecified atom stereocenters. The third-order valence-electron chi connectivity index (χ3n) is 2.91. The molecule has 0 bridgehead atoms. The van der Waals surface area contributed by atoms with Crippen molar-refractivity contribution >= 4 is 22.9 Å². The minimum Gasteiger partial charge on any atom is -0.375 e. The molecule has 1 saturated carbocycles. The van der Waals surface area contributed by atoms with Crippen LogP contribution in [0.1, 0.15) is 32.1 Å². The molecule has 0 spiro atoms. The number of fused-ring (bicyclic) bond motifs is 1. The summed E-state index contributed by atoms with van der Waals surface area (Å²) in [5.74, 6) is 0. The fourth-order valence-corrected chi connectivity index (χ4v) is 3.06. The third kappa shape index (κ3) is 1.93. The molecular formula is C9H16INO. The smallest absolute Gasteiger partial charge is 0.0739 e. The van der Waals surface area contributed by atoms with Gasteiger partial charge in [0.2, 0.25) is 0 Å². The molecule has 3 heteroatoms. The highest BCUT2D eigenvalue weighted by atomic mass is 127. The maximum absolute atomic E-state index is 5.79. The van der Waals surface area contributed by atoms with Crippen molar-refractivity contribution in [3.05, 3.63) is 0 Å². The van der Waals surface area contributed by atoms with E-state index in [1.165, 1.54) is 32.1 Å². The summed E-state index contributed by atoms with van der Waals surface area (Å²) >= 11 is 2.46. The maximum Gasteiger partial charge on any atom is 0.0739 e. The largest absolute Gasteiger partial charge is 0.375 e. The molecule has 2 atom stereocenters. The summed E-state index contributed by atoms with van der Waals surface area (Å²) in [6.07, 6.45) is 7.33. The van der Waals surface area contributed by atoms with Crippen LogP contribution in [-0.2, 0) is 4.74 Å². The molecule has 0 N–H and O–H groups in total. The molecule has 0 aromatic heterocycles. The number of rotatable bonds is 0. The van der Waals surface area contributed by atoms with Crippen LogP contribution in [0.5, 0.6) is 0 Å². The van der Waals surface area contributed by atoms with Gasteiger partial charge in [-0.15, -0.1) is 0 Å². The molecule has 2 nitrogen and oxygen atoms in total. The summed E-state index contributed by atoms with van der Waals surface area (Å²) in [4.78, 5) is 0. The minimum absolute atomic E-state index is 0.540. The van der Waals surface area contributed by atoms with Crippen LogP contribution in [0.15, 0.2) is 0 Å². The van der Waals surface area contributed by atoms with Crippen LogP contribution in [-0.4, -0.2) is 28.4 Å². The highest BCUT2D eigenvalue weighted by molar-refractivity contribution is 14.1. The van der Waals surface area contributed by atoms with E-state index in [-0.39, 0.29) is 0 Å². The predicted octanol–water partition coefficient (Wildman–Crippen LogP) is 2.37. The summed E-state index contributed by atoms with van der Waals surface area (Å²) in [6.45, 7) is 2.05. The van der Waals surface area contributed by atoms with E-state index in [2.05, 4.69) is 26.0 Å². The SMILES string of the molecule is IN1CCOC2CCCCCC21. The lowest BCUT2D eigenvalue weighted by Crippen LogP contribution is -2.45. The van der Waals surface area contributed by atoms with Crippen LogP contribution in [0, 0.1) is 0 Å². The van der Waals surface area contributed by atoms with Gasteiger partial charge in [-0.05, 0) is 12.8 Å². The van der Waals surface area contributed by atoms with Gasteiger partial charge in [-0.3, -0.25) is 0 Å². The quantitative estimate of drug-likeness (QED) is 0.499. The summed E-state index contributed by atoms with van der Waals surface area (Å²) < 4.78 is 8.24. The fraction of sp³-hybridized carbons (Fsp3) is 1.00. The first-order valence-electron chi connectivity index (χ1n) is 4.92. The number of ether oxygens (including phenoxy) is 1. The summed E-state index contributed by atoms with van der Waals surface area (Å²) in [6, 6.07) is 0.710. The normalized spacial score (nSPS) is 38.8. The molecule has 2 aliphatic rings. The molecule has 0 aromatic carbocycles. The monoisotopic (exact) mass is 281 g/mol. The Labute approximate surface area is 88.1 Å². The minimum atomic E-state index is 0.540. The van der Waals surface area contributed by atoms with Gasteiger partial charge in [0.25, 0.3) is 0 Å². The second-order valence-corrected chi connectivity index (χ2v) is 4.98. The third-order valence-corrected chi connectivity index (χ3v) is 4.11. The van der Waals surface area contributed by atoms with E-state index in [1.807, 2.05) is 0 Å². The van der Waals surface area contributed by atoms with Gasteiger partial charge >= 0.3 is 0 Å². The van der Waals surface area contributed by atoms with Gasteiger partial charge in [-0.25, -0.2) is 3.11 Å². The Bertz CT molecular complexity index is 153. The van der Waals surface area contributed by atoms with Gasteiger partial charge in [0.05, 0.1) is 12.7 Å². The second kappa shape index (κ2) is 4.24. The molecule has 2 fully saturated rings. The Balaban J connectivity index is 2.00. The molecular weight excluding hydrogens is 265 g/mol. The number of nitrogens with zero attached hydrogens (tertiary/aromatic N) is 1. The Morgan fingerprint density at radius 3 is 2.92 bits per heavy atom. The zero-order chi connectivity index (χ0) is 8.39. The number of morpholine rings is 1. The van der Waals surface area contributed by atoms with Gasteiger partial charge in [-0.2, -0.15) is 0 Å². The van der Waals surface area contributed by atoms with Crippen LogP contribution in [0.2, 0.25) is 0 Å². The number of hydrogen-bond donors (Lipinski definition) is 0. The van der Waals surface area contributed by atoms with E-state index < -0.39 is 0 Å². The van der Waals surface area contributed by atoms with Crippen molar-refractivity contribution in [3.8, 4) is 0 Å². The van der Waals surface area contributed by atoms with E-state index >= 15 is 0 Å². The van der Waals surface area contributed by atoms with E-state index in [0.29, 0.717) is 12.1 Å². The van der Waals surface area contributed by atoms with E-state index in [0.717, 1.165) is 13.2 Å². The molecule has 1 saturated heterocycles. The molecule has 12 heavy (non-hydrogen) atoms. The van der Waals surface area contributed by atoms with Crippen molar-refractivity contribution in [3.63, 3.8) is 0 Å². The van der Waals surface area contributed by atoms with E-state index in [9.17, 15) is 0 Å². The lowest BCUT2D eigenvalue weighted by molar-refractivity contribution is -0.0332. The zero-order valence-electron chi connectivity index (χ0n) is 7.34. The summed E-state index contributed by atoms with van der Waals surface area (Å²) in [5.41, 5.74) is 0. The molecule has 0 aromatic rings. The van der Waals surface area contributed by atoms with Crippen molar-refractivity contribution < 1.29 is 4.74 Å². The first-order chi connectivity index (χ1) is 5.88. The van der Waals surface area contributed by atoms with Gasteiger partial charge in [0.1, 0.15) is 0 Å². The lowest BCUT2D eigenvalue weighted by Gasteiger charge is -2.36. The topological polar surface area (TPSA) is 12.5 Å². The lowest BCUT2D eigenvalue weighted by atomic mass is 10.1. The van der Waals surface area contributed by atoms with Crippen LogP contribution >= 0.6 is 22.9 Å². The molecule has 1 heterocycles. The Morgan fingerprint density at radius 2 is 2.00 bits per heavy atom. The Kier molecular flexibility index (Phi) is 3.26. The maximum atomic E-state index is 5.79. The highest BCUT2D eigenvalue weighted by Gasteiger charge is 2.31. The fourth-order valence-electron chi connectivity index (χ4n) is 2.23. The average Bonchev–Trinajstić information content (AvgIpc) is 2.30. The van der Waals surface area contributed by atoms with Gasteiger partial charge < -0.3 is 4.74 Å². The van der Waals surface area contributed by atoms with Crippen LogP contribution < -0.4 is 0 Å². The van der Waals surface area contributed by atoms with Crippen molar-refractivity contribution in [1.29, 1.82) is 0 Å². The molecule has 70 valence electrons. The van der Waals surface area contributed by atoms with Gasteiger partial charge in [0, 0.05) is 35.5 Å². The first kappa shape index (κ1) is 9.21. The zero-order valence-corrected chi connectivity index (χ0v) is 9.50. The van der Waals surface area contributed by atoms with Crippen LogP contribution in [0.4, 0.5) is 0 Å². The number of hydrogen-bond acceptors (Lipinski definition) is 2. The van der Waals surface area contributed by atoms with Crippen LogP contribution in [0.25, 0.3) is 0 Å². The van der Waals surface area contributed by atoms with Gasteiger partial charge in [0.15, 0.2) is 0 Å². The van der Waals surface area contributed by atoms with E-state index in [1.54, 1.807) is 0 Å². The Morgan fingerprint density at radius 1 is 1.17 bits per heavy atom. The summed E-state index contributed by atoms with van der Waals surface area (Å²) in [5, 5.41) is 0. The standard InChI is InChI=1S/C9H16INO/c10-11-6-7-12-9-5-3-1-2-4-8(9)11/h8-9H,1-7H2. The van der Waals surface area contributed by atoms with Crippen molar-refractivity contribution in [1.82, 2.24) is 3.11 Å². The number of halogens is 1. The van der Waals surface area contributed by atoms with Crippen molar-refractivity contribution in [2.45, 2.75) is 44.2 Å². The first-order valence-corrected chi connectivity index (χ1v) is 5.88. The average molecular weight is 281 g/mol. The van der Waals surface area contributed by atoms with Gasteiger partial charge in [-0.1, -0.05) is 19.3 Å². The van der Waals surface area contributed by atoms with Crippen LogP contribution in [0.3, 0.4) is 0 Å². The molecule has 2 rings (SSSR count). The molecule has 1 aliphatic heterocycles. The van der Waals surface area contributed by atoms with E-state index in [4.69, 9.17) is 4.74 Å². The van der Waals surface area contributed by atoms with Crippen molar-refractivity contribution in [2.24, 2.45) is 0 Å². The Hall–Kier alpha value is 0.650. The second-order valence-electron chi connectivity index (χ2n) is 3.74. The molecule has 1 aliphatic carbocycles. The van der Waals surface area contributed by atoms with Crippen molar-refractivity contribution in [2.75, 3.05) is 13.2 Å². The molecule has 0 amide bonds. The molecule has 0 radical (unpaired) electrons. The highest BCUT2D eigenvalue weighted by Crippen LogP contribution is 2.29. The summed E-state index contributed by atoms with van der Waals surface area (Å²) in [7, 11) is 0. The predicted molar refractivity (Wildman–Crippen MR) is 57.3 cm³/mol.